The second-order valence-corrected chi connectivity index (χ2v) is 9.25. The highest BCUT2D eigenvalue weighted by atomic mass is 79.9. The molecule has 0 radical (unpaired) electrons. The van der Waals surface area contributed by atoms with Gasteiger partial charge in [-0.25, -0.2) is 0 Å². The molecule has 0 spiro atoms. The summed E-state index contributed by atoms with van der Waals surface area (Å²) in [6.07, 6.45) is 0. The SMILES string of the molecule is Brc1cccc(N2c3ccccc3C(c3ccccc3)(c3ccccc3)c3ccccc32)c1. The lowest BCUT2D eigenvalue weighted by Crippen LogP contribution is -2.37. The molecule has 5 aromatic carbocycles. The summed E-state index contributed by atoms with van der Waals surface area (Å²) in [6.45, 7) is 0. The lowest BCUT2D eigenvalue weighted by atomic mass is 9.62. The van der Waals surface area contributed by atoms with E-state index in [1.165, 1.54) is 33.6 Å². The van der Waals surface area contributed by atoms with Crippen molar-refractivity contribution in [3.05, 3.63) is 160 Å². The molecule has 0 aliphatic carbocycles. The Balaban J connectivity index is 1.77. The third-order valence-electron chi connectivity index (χ3n) is 6.58. The summed E-state index contributed by atoms with van der Waals surface area (Å²) in [7, 11) is 0. The van der Waals surface area contributed by atoms with Crippen molar-refractivity contribution in [3.8, 4) is 0 Å². The maximum absolute atomic E-state index is 3.68. The van der Waals surface area contributed by atoms with Crippen molar-refractivity contribution in [1.82, 2.24) is 0 Å². The predicted molar refractivity (Wildman–Crippen MR) is 141 cm³/mol. The molecular weight excluding hydrogens is 466 g/mol. The van der Waals surface area contributed by atoms with E-state index in [-0.39, 0.29) is 0 Å². The normalized spacial score (nSPS) is 13.8. The van der Waals surface area contributed by atoms with Gasteiger partial charge in [0.2, 0.25) is 0 Å². The first-order valence-electron chi connectivity index (χ1n) is 11.2. The van der Waals surface area contributed by atoms with E-state index in [1.54, 1.807) is 0 Å². The summed E-state index contributed by atoms with van der Waals surface area (Å²) >= 11 is 3.68. The van der Waals surface area contributed by atoms with Crippen LogP contribution in [-0.2, 0) is 5.41 Å². The zero-order chi connectivity index (χ0) is 22.3. The van der Waals surface area contributed by atoms with Crippen LogP contribution in [0.25, 0.3) is 0 Å². The Hall–Kier alpha value is -3.62. The summed E-state index contributed by atoms with van der Waals surface area (Å²) in [6, 6.07) is 48.0. The third kappa shape index (κ3) is 3.06. The standard InChI is InChI=1S/C31H22BrN/c32-25-16-11-17-26(22-25)33-29-20-9-7-18-27(29)31(23-12-3-1-4-13-23,24-14-5-2-6-15-24)28-19-8-10-21-30(28)33/h1-22H. The molecule has 2 heteroatoms. The molecule has 0 saturated carbocycles. The van der Waals surface area contributed by atoms with Crippen LogP contribution in [0.2, 0.25) is 0 Å². The van der Waals surface area contributed by atoms with E-state index >= 15 is 0 Å². The molecule has 0 amide bonds. The van der Waals surface area contributed by atoms with E-state index < -0.39 is 5.41 Å². The third-order valence-corrected chi connectivity index (χ3v) is 7.07. The summed E-state index contributed by atoms with van der Waals surface area (Å²) in [5.41, 5.74) is 8.21. The van der Waals surface area contributed by atoms with Crippen molar-refractivity contribution < 1.29 is 0 Å². The first-order valence-corrected chi connectivity index (χ1v) is 12.0. The van der Waals surface area contributed by atoms with Gasteiger partial charge in [0.15, 0.2) is 0 Å². The fraction of sp³-hybridized carbons (Fsp3) is 0.0323. The minimum atomic E-state index is -0.418. The summed E-state index contributed by atoms with van der Waals surface area (Å²) in [5, 5.41) is 0. The summed E-state index contributed by atoms with van der Waals surface area (Å²) in [4.78, 5) is 2.39. The maximum atomic E-state index is 3.68. The van der Waals surface area contributed by atoms with Crippen molar-refractivity contribution >= 4 is 33.0 Å². The molecule has 1 heterocycles. The number of rotatable bonds is 3. The zero-order valence-corrected chi connectivity index (χ0v) is 19.6. The van der Waals surface area contributed by atoms with Crippen LogP contribution in [0.15, 0.2) is 138 Å². The topological polar surface area (TPSA) is 3.24 Å². The number of fused-ring (bicyclic) bond motifs is 2. The van der Waals surface area contributed by atoms with Gasteiger partial charge >= 0.3 is 0 Å². The minimum Gasteiger partial charge on any atom is -0.310 e. The first kappa shape index (κ1) is 20.0. The van der Waals surface area contributed by atoms with E-state index in [4.69, 9.17) is 0 Å². The molecule has 1 aliphatic rings. The van der Waals surface area contributed by atoms with E-state index in [1.807, 2.05) is 0 Å². The van der Waals surface area contributed by atoms with E-state index in [9.17, 15) is 0 Å². The molecule has 0 aromatic heterocycles. The zero-order valence-electron chi connectivity index (χ0n) is 18.0. The van der Waals surface area contributed by atoms with Gasteiger partial charge in [0.25, 0.3) is 0 Å². The predicted octanol–water partition coefficient (Wildman–Crippen LogP) is 8.62. The number of para-hydroxylation sites is 2. The molecule has 0 bridgehead atoms. The molecule has 0 fully saturated rings. The van der Waals surface area contributed by atoms with Crippen molar-refractivity contribution in [3.63, 3.8) is 0 Å². The molecule has 33 heavy (non-hydrogen) atoms. The van der Waals surface area contributed by atoms with Gasteiger partial charge in [-0.05, 0) is 52.6 Å². The summed E-state index contributed by atoms with van der Waals surface area (Å²) in [5.74, 6) is 0. The number of benzene rings is 5. The number of hydrogen-bond acceptors (Lipinski definition) is 1. The fourth-order valence-electron chi connectivity index (χ4n) is 5.30. The Bertz CT molecular complexity index is 1340. The van der Waals surface area contributed by atoms with Gasteiger partial charge in [-0.2, -0.15) is 0 Å². The van der Waals surface area contributed by atoms with Crippen molar-refractivity contribution in [1.29, 1.82) is 0 Å². The number of anilines is 3. The number of halogens is 1. The van der Waals surface area contributed by atoms with Crippen LogP contribution in [0.3, 0.4) is 0 Å². The molecule has 0 atom stereocenters. The Morgan fingerprint density at radius 1 is 0.485 bits per heavy atom. The van der Waals surface area contributed by atoms with Gasteiger partial charge in [-0.1, -0.05) is 119 Å². The van der Waals surface area contributed by atoms with Crippen LogP contribution in [0.5, 0.6) is 0 Å². The van der Waals surface area contributed by atoms with Crippen LogP contribution in [0.4, 0.5) is 17.1 Å². The van der Waals surface area contributed by atoms with E-state index in [0.717, 1.165) is 10.2 Å². The molecule has 0 saturated heterocycles. The quantitative estimate of drug-likeness (QED) is 0.241. The average Bonchev–Trinajstić information content (AvgIpc) is 2.88. The molecule has 6 rings (SSSR count). The highest BCUT2D eigenvalue weighted by Gasteiger charge is 2.46. The number of hydrogen-bond donors (Lipinski definition) is 0. The number of nitrogens with zero attached hydrogens (tertiary/aromatic N) is 1. The average molecular weight is 488 g/mol. The van der Waals surface area contributed by atoms with Crippen LogP contribution >= 0.6 is 15.9 Å². The first-order chi connectivity index (χ1) is 16.3. The Morgan fingerprint density at radius 3 is 1.48 bits per heavy atom. The molecule has 158 valence electrons. The molecule has 1 nitrogen and oxygen atoms in total. The van der Waals surface area contributed by atoms with E-state index in [2.05, 4.69) is 154 Å². The largest absolute Gasteiger partial charge is 0.310 e. The second-order valence-electron chi connectivity index (χ2n) is 8.33. The highest BCUT2D eigenvalue weighted by Crippen LogP contribution is 2.57. The van der Waals surface area contributed by atoms with Crippen molar-refractivity contribution in [2.75, 3.05) is 4.90 Å². The monoisotopic (exact) mass is 487 g/mol. The van der Waals surface area contributed by atoms with E-state index in [0.29, 0.717) is 0 Å². The van der Waals surface area contributed by atoms with Gasteiger partial charge in [0.1, 0.15) is 0 Å². The van der Waals surface area contributed by atoms with Crippen LogP contribution in [-0.4, -0.2) is 0 Å². The van der Waals surface area contributed by atoms with Gasteiger partial charge in [-0.15, -0.1) is 0 Å². The smallest absolute Gasteiger partial charge is 0.0742 e. The molecule has 0 N–H and O–H groups in total. The van der Waals surface area contributed by atoms with Crippen molar-refractivity contribution in [2.24, 2.45) is 0 Å². The lowest BCUT2D eigenvalue weighted by Gasteiger charge is -2.46. The second kappa shape index (κ2) is 8.06. The maximum Gasteiger partial charge on any atom is 0.0742 e. The molecular formula is C31H22BrN. The Morgan fingerprint density at radius 2 is 0.970 bits per heavy atom. The molecule has 0 unspecified atom stereocenters. The van der Waals surface area contributed by atoms with Crippen LogP contribution < -0.4 is 4.90 Å². The van der Waals surface area contributed by atoms with Crippen LogP contribution in [0.1, 0.15) is 22.3 Å². The molecule has 1 aliphatic heterocycles. The minimum absolute atomic E-state index is 0.418. The Kier molecular flexibility index (Phi) is 4.89. The lowest BCUT2D eigenvalue weighted by molar-refractivity contribution is 0.731. The van der Waals surface area contributed by atoms with Gasteiger partial charge in [-0.3, -0.25) is 0 Å². The van der Waals surface area contributed by atoms with Gasteiger partial charge in [0, 0.05) is 10.2 Å². The summed E-state index contributed by atoms with van der Waals surface area (Å²) < 4.78 is 1.07. The molecule has 5 aromatic rings. The van der Waals surface area contributed by atoms with Crippen LogP contribution in [0, 0.1) is 0 Å². The fourth-order valence-corrected chi connectivity index (χ4v) is 5.69. The van der Waals surface area contributed by atoms with Gasteiger partial charge < -0.3 is 4.90 Å². The van der Waals surface area contributed by atoms with Gasteiger partial charge in [0.05, 0.1) is 16.8 Å². The highest BCUT2D eigenvalue weighted by molar-refractivity contribution is 9.10. The van der Waals surface area contributed by atoms with Crippen molar-refractivity contribution in [2.45, 2.75) is 5.41 Å². The Labute approximate surface area is 203 Å².